The van der Waals surface area contributed by atoms with E-state index < -0.39 is 11.7 Å². The van der Waals surface area contributed by atoms with Crippen molar-refractivity contribution in [3.05, 3.63) is 83.3 Å². The highest BCUT2D eigenvalue weighted by molar-refractivity contribution is 6.06. The molecule has 5 rings (SSSR count). The van der Waals surface area contributed by atoms with Crippen LogP contribution in [0.5, 0.6) is 28.9 Å². The summed E-state index contributed by atoms with van der Waals surface area (Å²) < 4.78 is 38.4. The third-order valence-corrected chi connectivity index (χ3v) is 9.20. The van der Waals surface area contributed by atoms with E-state index in [1.165, 1.54) is 19.4 Å². The van der Waals surface area contributed by atoms with Gasteiger partial charge < -0.3 is 44.3 Å². The van der Waals surface area contributed by atoms with Gasteiger partial charge in [0, 0.05) is 75.5 Å². The Kier molecular flexibility index (Phi) is 14.0. The number of anilines is 3. The molecule has 0 bridgehead atoms. The van der Waals surface area contributed by atoms with Crippen LogP contribution in [0, 0.1) is 19.7 Å². The molecule has 1 saturated heterocycles. The summed E-state index contributed by atoms with van der Waals surface area (Å²) in [5.41, 5.74) is 2.83. The number of aryl methyl sites for hydroxylation is 2. The topological polar surface area (TPSA) is 131 Å². The Labute approximate surface area is 316 Å². The molecule has 1 fully saturated rings. The molecule has 54 heavy (non-hydrogen) atoms. The molecule has 0 unspecified atom stereocenters. The lowest BCUT2D eigenvalue weighted by Crippen LogP contribution is -2.44. The molecule has 0 spiro atoms. The largest absolute Gasteiger partial charge is 0.493 e. The van der Waals surface area contributed by atoms with E-state index in [1.54, 1.807) is 35.2 Å². The van der Waals surface area contributed by atoms with Gasteiger partial charge in [0.2, 0.25) is 11.8 Å². The van der Waals surface area contributed by atoms with Gasteiger partial charge in [-0.05, 0) is 76.6 Å². The number of benzene rings is 3. The number of carbonyl (C=O) groups excluding carboxylic acids is 2. The lowest BCUT2D eigenvalue weighted by molar-refractivity contribution is -0.132. The molecule has 14 heteroatoms. The van der Waals surface area contributed by atoms with Crippen LogP contribution in [-0.2, 0) is 4.79 Å². The Morgan fingerprint density at radius 3 is 2.33 bits per heavy atom. The maximum absolute atomic E-state index is 15.1. The second-order valence-electron chi connectivity index (χ2n) is 13.0. The number of hydrogen-bond donors (Lipinski definition) is 2. The first-order valence-corrected chi connectivity index (χ1v) is 18.2. The van der Waals surface area contributed by atoms with Gasteiger partial charge in [0.05, 0.1) is 13.7 Å². The Hall–Kier alpha value is -5.47. The van der Waals surface area contributed by atoms with Crippen LogP contribution in [0.3, 0.4) is 0 Å². The Morgan fingerprint density at radius 2 is 1.65 bits per heavy atom. The zero-order valence-electron chi connectivity index (χ0n) is 31.9. The SMILES string of the molecule is CCN(CC)C(=O)COc1ccc(Oc2nc(Nc3ccc(OCCCN4CCN(C)CC4)c(F)c3)ncc2C(=O)Nc2c(C)cccc2C)c(OC)c1. The number of nitrogens with zero attached hydrogens (tertiary/aromatic N) is 5. The van der Waals surface area contributed by atoms with E-state index in [-0.39, 0.29) is 47.2 Å². The van der Waals surface area contributed by atoms with E-state index in [4.69, 9.17) is 18.9 Å². The maximum Gasteiger partial charge on any atom is 0.262 e. The van der Waals surface area contributed by atoms with Gasteiger partial charge in [-0.15, -0.1) is 0 Å². The molecule has 2 amide bonds. The van der Waals surface area contributed by atoms with Gasteiger partial charge in [-0.3, -0.25) is 9.59 Å². The Balaban J connectivity index is 1.33. The average Bonchev–Trinajstić information content (AvgIpc) is 3.16. The fourth-order valence-corrected chi connectivity index (χ4v) is 5.96. The molecule has 1 aliphatic rings. The molecular formula is C40H50FN7O6. The molecule has 1 aliphatic heterocycles. The number of hydrogen-bond acceptors (Lipinski definition) is 11. The minimum atomic E-state index is -0.536. The first-order valence-electron chi connectivity index (χ1n) is 18.2. The van der Waals surface area contributed by atoms with Crippen LogP contribution in [0.2, 0.25) is 0 Å². The number of aromatic nitrogens is 2. The fraction of sp³-hybridized carbons (Fsp3) is 0.400. The minimum absolute atomic E-state index is 0.0434. The summed E-state index contributed by atoms with van der Waals surface area (Å²) in [6, 6.07) is 15.0. The van der Waals surface area contributed by atoms with Crippen LogP contribution in [0.4, 0.5) is 21.7 Å². The molecule has 288 valence electrons. The molecular weight excluding hydrogens is 693 g/mol. The molecule has 2 heterocycles. The zero-order valence-corrected chi connectivity index (χ0v) is 31.9. The summed E-state index contributed by atoms with van der Waals surface area (Å²) >= 11 is 0. The van der Waals surface area contributed by atoms with Crippen molar-refractivity contribution in [2.24, 2.45) is 0 Å². The van der Waals surface area contributed by atoms with Crippen LogP contribution in [-0.4, -0.2) is 110 Å². The minimum Gasteiger partial charge on any atom is -0.493 e. The van der Waals surface area contributed by atoms with Crippen molar-refractivity contribution < 1.29 is 32.9 Å². The molecule has 4 aromatic rings. The van der Waals surface area contributed by atoms with Gasteiger partial charge in [-0.1, -0.05) is 18.2 Å². The molecule has 3 aromatic carbocycles. The summed E-state index contributed by atoms with van der Waals surface area (Å²) in [5.74, 6) is -0.151. The molecule has 13 nitrogen and oxygen atoms in total. The van der Waals surface area contributed by atoms with Gasteiger partial charge >= 0.3 is 0 Å². The summed E-state index contributed by atoms with van der Waals surface area (Å²) in [4.78, 5) is 41.4. The number of para-hydroxylation sites is 1. The highest BCUT2D eigenvalue weighted by atomic mass is 19.1. The van der Waals surface area contributed by atoms with Crippen LogP contribution >= 0.6 is 0 Å². The molecule has 0 aliphatic carbocycles. The van der Waals surface area contributed by atoms with Gasteiger partial charge in [0.25, 0.3) is 11.8 Å². The second kappa shape index (κ2) is 19.0. The van der Waals surface area contributed by atoms with E-state index in [2.05, 4.69) is 37.4 Å². The normalized spacial score (nSPS) is 13.2. The zero-order chi connectivity index (χ0) is 38.6. The number of piperazine rings is 1. The highest BCUT2D eigenvalue weighted by Gasteiger charge is 2.21. The van der Waals surface area contributed by atoms with E-state index in [9.17, 15) is 9.59 Å². The third kappa shape index (κ3) is 10.6. The van der Waals surface area contributed by atoms with Gasteiger partial charge in [-0.25, -0.2) is 9.37 Å². The lowest BCUT2D eigenvalue weighted by atomic mass is 10.1. The number of nitrogens with one attached hydrogen (secondary N) is 2. The van der Waals surface area contributed by atoms with Gasteiger partial charge in [0.1, 0.15) is 11.3 Å². The molecule has 0 saturated carbocycles. The number of methoxy groups -OCH3 is 1. The van der Waals surface area contributed by atoms with Crippen molar-refractivity contribution >= 4 is 29.1 Å². The van der Waals surface area contributed by atoms with Crippen molar-refractivity contribution in [1.29, 1.82) is 0 Å². The summed E-state index contributed by atoms with van der Waals surface area (Å²) in [7, 11) is 3.59. The van der Waals surface area contributed by atoms with Gasteiger partial charge in [0.15, 0.2) is 29.7 Å². The van der Waals surface area contributed by atoms with E-state index in [1.807, 2.05) is 45.9 Å². The predicted molar refractivity (Wildman–Crippen MR) is 206 cm³/mol. The highest BCUT2D eigenvalue weighted by Crippen LogP contribution is 2.36. The second-order valence-corrected chi connectivity index (χ2v) is 13.0. The van der Waals surface area contributed by atoms with Crippen LogP contribution < -0.4 is 29.6 Å². The number of amides is 2. The van der Waals surface area contributed by atoms with E-state index in [0.29, 0.717) is 36.8 Å². The van der Waals surface area contributed by atoms with Crippen LogP contribution in [0.15, 0.2) is 60.8 Å². The standard InChI is InChI=1S/C40H50FN7O6/c1-7-48(8-2)36(49)26-53-30-14-16-34(35(24-30)51-6)54-39-31(38(50)44-37-27(3)11-9-12-28(37)4)25-42-40(45-39)43-29-13-15-33(32(41)23-29)52-22-10-17-47-20-18-46(5)19-21-47/h9,11-16,23-25H,7-8,10,17-22,26H2,1-6H3,(H,44,50)(H,42,43,45). The van der Waals surface area contributed by atoms with E-state index >= 15 is 4.39 Å². The number of ether oxygens (including phenoxy) is 4. The number of carbonyl (C=O) groups is 2. The summed E-state index contributed by atoms with van der Waals surface area (Å²) in [6.07, 6.45) is 2.13. The summed E-state index contributed by atoms with van der Waals surface area (Å²) in [6.45, 7) is 14.1. The van der Waals surface area contributed by atoms with Crippen molar-refractivity contribution in [2.45, 2.75) is 34.1 Å². The molecule has 0 atom stereocenters. The molecule has 2 N–H and O–H groups in total. The quantitative estimate of drug-likeness (QED) is 0.118. The number of halogens is 1. The number of likely N-dealkylation sites (N-methyl/N-ethyl adjacent to an activating group) is 2. The maximum atomic E-state index is 15.1. The Morgan fingerprint density at radius 1 is 0.926 bits per heavy atom. The van der Waals surface area contributed by atoms with Crippen LogP contribution in [0.1, 0.15) is 41.8 Å². The van der Waals surface area contributed by atoms with Crippen molar-refractivity contribution in [3.8, 4) is 28.9 Å². The van der Waals surface area contributed by atoms with Crippen molar-refractivity contribution in [2.75, 3.05) is 83.8 Å². The van der Waals surface area contributed by atoms with Crippen LogP contribution in [0.25, 0.3) is 0 Å². The smallest absolute Gasteiger partial charge is 0.262 e. The lowest BCUT2D eigenvalue weighted by Gasteiger charge is -2.32. The van der Waals surface area contributed by atoms with Crippen molar-refractivity contribution in [1.82, 2.24) is 24.7 Å². The monoisotopic (exact) mass is 743 g/mol. The molecule has 1 aromatic heterocycles. The first-order chi connectivity index (χ1) is 26.1. The fourth-order valence-electron chi connectivity index (χ4n) is 5.96. The third-order valence-electron chi connectivity index (χ3n) is 9.20. The first kappa shape index (κ1) is 39.7. The number of rotatable bonds is 17. The average molecular weight is 744 g/mol. The predicted octanol–water partition coefficient (Wildman–Crippen LogP) is 6.29. The summed E-state index contributed by atoms with van der Waals surface area (Å²) in [5, 5.41) is 5.96. The van der Waals surface area contributed by atoms with E-state index in [0.717, 1.165) is 50.3 Å². The van der Waals surface area contributed by atoms with Crippen molar-refractivity contribution in [3.63, 3.8) is 0 Å². The molecule has 0 radical (unpaired) electrons. The van der Waals surface area contributed by atoms with Gasteiger partial charge in [-0.2, -0.15) is 4.98 Å². The Bertz CT molecular complexity index is 1880.